The van der Waals surface area contributed by atoms with Crippen molar-refractivity contribution in [1.29, 1.82) is 0 Å². The van der Waals surface area contributed by atoms with Gasteiger partial charge in [0, 0.05) is 18.6 Å². The number of nitrogens with zero attached hydrogens (tertiary/aromatic N) is 3. The number of hydrogen-bond donors (Lipinski definition) is 2. The van der Waals surface area contributed by atoms with Crippen LogP contribution in [-0.4, -0.2) is 52.8 Å². The second-order valence-electron chi connectivity index (χ2n) is 9.76. The minimum Gasteiger partial charge on any atom is -0.444 e. The lowest BCUT2D eigenvalue weighted by Crippen LogP contribution is -2.55. The SMILES string of the molecule is C=C(Cl)/N=C1\C(=C/C)N=C(NC[C@H]2C[C@H](NC(=O)OC(C)(C)C)C2)C(=O)N1[C@@H](C)C1CC1. The van der Waals surface area contributed by atoms with Crippen LogP contribution >= 0.6 is 11.6 Å². The average molecular weight is 464 g/mol. The van der Waals surface area contributed by atoms with Crippen molar-refractivity contribution in [2.75, 3.05) is 6.54 Å². The highest BCUT2D eigenvalue weighted by atomic mass is 35.5. The Labute approximate surface area is 195 Å². The van der Waals surface area contributed by atoms with E-state index in [9.17, 15) is 9.59 Å². The minimum absolute atomic E-state index is 0.00521. The molecule has 0 aromatic rings. The zero-order valence-corrected chi connectivity index (χ0v) is 20.3. The lowest BCUT2D eigenvalue weighted by atomic mass is 9.80. The largest absolute Gasteiger partial charge is 0.444 e. The minimum atomic E-state index is -0.514. The highest BCUT2D eigenvalue weighted by Crippen LogP contribution is 2.37. The molecular formula is C23H34ClN5O3. The molecule has 2 N–H and O–H groups in total. The molecule has 9 heteroatoms. The van der Waals surface area contributed by atoms with Gasteiger partial charge in [-0.25, -0.2) is 14.8 Å². The third-order valence-corrected chi connectivity index (χ3v) is 5.92. The fourth-order valence-electron chi connectivity index (χ4n) is 3.99. The van der Waals surface area contributed by atoms with E-state index in [1.165, 1.54) is 0 Å². The molecule has 2 fully saturated rings. The molecule has 8 nitrogen and oxygen atoms in total. The van der Waals surface area contributed by atoms with Crippen LogP contribution in [0.2, 0.25) is 0 Å². The molecule has 2 saturated carbocycles. The van der Waals surface area contributed by atoms with Crippen LogP contribution in [0.1, 0.15) is 60.3 Å². The number of alkyl carbamates (subject to hydrolysis) is 1. The monoisotopic (exact) mass is 463 g/mol. The second kappa shape index (κ2) is 9.65. The van der Waals surface area contributed by atoms with Gasteiger partial charge in [0.1, 0.15) is 16.5 Å². The van der Waals surface area contributed by atoms with Crippen molar-refractivity contribution in [1.82, 2.24) is 15.5 Å². The lowest BCUT2D eigenvalue weighted by Gasteiger charge is -2.38. The summed E-state index contributed by atoms with van der Waals surface area (Å²) in [5.41, 5.74) is 0.0831. The predicted molar refractivity (Wildman–Crippen MR) is 127 cm³/mol. The molecule has 0 aromatic heterocycles. The molecule has 1 atom stereocenters. The second-order valence-corrected chi connectivity index (χ2v) is 10.2. The summed E-state index contributed by atoms with van der Waals surface area (Å²) >= 11 is 5.95. The van der Waals surface area contributed by atoms with Crippen molar-refractivity contribution in [3.63, 3.8) is 0 Å². The van der Waals surface area contributed by atoms with E-state index in [-0.39, 0.29) is 23.1 Å². The Kier molecular flexibility index (Phi) is 7.32. The highest BCUT2D eigenvalue weighted by molar-refractivity contribution is 6.44. The van der Waals surface area contributed by atoms with Crippen molar-refractivity contribution >= 4 is 35.3 Å². The number of ether oxygens (including phenoxy) is 1. The topological polar surface area (TPSA) is 95.4 Å². The maximum atomic E-state index is 13.3. The van der Waals surface area contributed by atoms with Gasteiger partial charge in [0.2, 0.25) is 0 Å². The molecule has 176 valence electrons. The Morgan fingerprint density at radius 2 is 2.06 bits per heavy atom. The number of carbonyl (C=O) groups is 2. The molecule has 0 radical (unpaired) electrons. The Morgan fingerprint density at radius 1 is 1.41 bits per heavy atom. The van der Waals surface area contributed by atoms with Gasteiger partial charge in [-0.1, -0.05) is 24.3 Å². The van der Waals surface area contributed by atoms with Gasteiger partial charge in [0.25, 0.3) is 5.91 Å². The quantitative estimate of drug-likeness (QED) is 0.583. The first-order chi connectivity index (χ1) is 15.0. The van der Waals surface area contributed by atoms with Crippen LogP contribution in [0.3, 0.4) is 0 Å². The van der Waals surface area contributed by atoms with E-state index in [2.05, 4.69) is 27.2 Å². The van der Waals surface area contributed by atoms with Gasteiger partial charge >= 0.3 is 6.09 Å². The van der Waals surface area contributed by atoms with E-state index < -0.39 is 11.7 Å². The molecule has 0 saturated heterocycles. The van der Waals surface area contributed by atoms with E-state index in [0.29, 0.717) is 35.7 Å². The van der Waals surface area contributed by atoms with E-state index in [0.717, 1.165) is 25.7 Å². The van der Waals surface area contributed by atoms with Crippen molar-refractivity contribution in [2.45, 2.75) is 78.0 Å². The first-order valence-electron chi connectivity index (χ1n) is 11.2. The Balaban J connectivity index is 1.61. The van der Waals surface area contributed by atoms with Gasteiger partial charge in [-0.3, -0.25) is 9.69 Å². The van der Waals surface area contributed by atoms with Gasteiger partial charge in [-0.2, -0.15) is 0 Å². The summed E-state index contributed by atoms with van der Waals surface area (Å²) in [5.74, 6) is 1.36. The van der Waals surface area contributed by atoms with Crippen LogP contribution in [0.4, 0.5) is 4.79 Å². The molecule has 1 aliphatic heterocycles. The summed E-state index contributed by atoms with van der Waals surface area (Å²) in [6.07, 6.45) is 5.27. The smallest absolute Gasteiger partial charge is 0.407 e. The molecule has 0 aromatic carbocycles. The number of amides is 2. The molecule has 0 bridgehead atoms. The molecule has 3 aliphatic rings. The first kappa shape index (κ1) is 24.3. The van der Waals surface area contributed by atoms with Crippen molar-refractivity contribution in [3.05, 3.63) is 23.5 Å². The molecule has 32 heavy (non-hydrogen) atoms. The fraction of sp³-hybridized carbons (Fsp3) is 0.652. The van der Waals surface area contributed by atoms with Gasteiger partial charge in [-0.15, -0.1) is 0 Å². The van der Waals surface area contributed by atoms with Gasteiger partial charge in [-0.05, 0) is 72.1 Å². The van der Waals surface area contributed by atoms with E-state index in [4.69, 9.17) is 16.3 Å². The molecular weight excluding hydrogens is 430 g/mol. The Hall–Kier alpha value is -2.35. The van der Waals surface area contributed by atoms with Crippen molar-refractivity contribution in [3.8, 4) is 0 Å². The lowest BCUT2D eigenvalue weighted by molar-refractivity contribution is -0.122. The number of aliphatic imine (C=N–C) groups is 2. The van der Waals surface area contributed by atoms with Gasteiger partial charge in [0.05, 0.1) is 0 Å². The molecule has 2 aliphatic carbocycles. The Morgan fingerprint density at radius 3 is 2.59 bits per heavy atom. The van der Waals surface area contributed by atoms with Gasteiger partial charge < -0.3 is 15.4 Å². The molecule has 1 heterocycles. The first-order valence-corrected chi connectivity index (χ1v) is 11.6. The summed E-state index contributed by atoms with van der Waals surface area (Å²) < 4.78 is 5.30. The highest BCUT2D eigenvalue weighted by Gasteiger charge is 2.42. The Bertz CT molecular complexity index is 863. The summed E-state index contributed by atoms with van der Waals surface area (Å²) in [6.45, 7) is 13.7. The van der Waals surface area contributed by atoms with E-state index >= 15 is 0 Å². The van der Waals surface area contributed by atoms with Crippen LogP contribution in [0.25, 0.3) is 0 Å². The van der Waals surface area contributed by atoms with Crippen LogP contribution in [0.15, 0.2) is 33.5 Å². The summed E-state index contributed by atoms with van der Waals surface area (Å²) in [4.78, 5) is 35.7. The number of carbonyl (C=O) groups excluding carboxylic acids is 2. The molecule has 0 unspecified atom stereocenters. The van der Waals surface area contributed by atoms with Crippen LogP contribution in [0, 0.1) is 11.8 Å². The third-order valence-electron chi connectivity index (χ3n) is 5.84. The predicted octanol–water partition coefficient (Wildman–Crippen LogP) is 3.93. The zero-order chi connectivity index (χ0) is 23.6. The van der Waals surface area contributed by atoms with Crippen molar-refractivity contribution in [2.24, 2.45) is 21.8 Å². The standard InChI is InChI=1S/C23H34ClN5O3/c1-7-18-20(26-14(3)24)29(13(2)16-8-9-16)21(30)19(28-18)25-12-15-10-17(11-15)27-22(31)32-23(4,5)6/h7,13,15-17H,3,8-12H2,1-2,4-6H3,(H,25,28)(H,27,31)/b18-7+,26-20+/t13-,15-,17-/m0/s1. The average Bonchev–Trinajstić information content (AvgIpc) is 3.47. The van der Waals surface area contributed by atoms with Crippen LogP contribution < -0.4 is 10.6 Å². The molecule has 2 amide bonds. The van der Waals surface area contributed by atoms with E-state index in [1.54, 1.807) is 4.90 Å². The van der Waals surface area contributed by atoms with Crippen LogP contribution in [0.5, 0.6) is 0 Å². The summed E-state index contributed by atoms with van der Waals surface area (Å²) in [6, 6.07) is 0.0947. The maximum absolute atomic E-state index is 13.3. The number of nitrogens with one attached hydrogen (secondary N) is 2. The van der Waals surface area contributed by atoms with Crippen LogP contribution in [-0.2, 0) is 9.53 Å². The van der Waals surface area contributed by atoms with Crippen molar-refractivity contribution < 1.29 is 14.3 Å². The van der Waals surface area contributed by atoms with E-state index in [1.807, 2.05) is 40.7 Å². The number of hydrogen-bond acceptors (Lipinski definition) is 6. The molecule has 3 rings (SSSR count). The number of rotatable bonds is 6. The number of halogens is 1. The zero-order valence-electron chi connectivity index (χ0n) is 19.6. The molecule has 0 spiro atoms. The number of amidine groups is 2. The van der Waals surface area contributed by atoms with Gasteiger partial charge in [0.15, 0.2) is 11.7 Å². The number of allylic oxidation sites excluding steroid dienone is 1. The summed E-state index contributed by atoms with van der Waals surface area (Å²) in [5, 5.41) is 6.24. The normalized spacial score (nSPS) is 27.0. The fourth-order valence-corrected chi connectivity index (χ4v) is 4.07. The maximum Gasteiger partial charge on any atom is 0.407 e. The summed E-state index contributed by atoms with van der Waals surface area (Å²) in [7, 11) is 0. The third kappa shape index (κ3) is 6.12.